The van der Waals surface area contributed by atoms with Crippen LogP contribution in [-0.2, 0) is 12.7 Å². The number of alkyl halides is 6. The van der Waals surface area contributed by atoms with Gasteiger partial charge in [0.1, 0.15) is 0 Å². The van der Waals surface area contributed by atoms with Crippen molar-refractivity contribution in [3.05, 3.63) is 63.9 Å². The summed E-state index contributed by atoms with van der Waals surface area (Å²) in [6.07, 6.45) is -6.90. The van der Waals surface area contributed by atoms with Gasteiger partial charge < -0.3 is 0 Å². The van der Waals surface area contributed by atoms with Crippen LogP contribution in [0, 0.1) is 5.92 Å². The lowest BCUT2D eigenvalue weighted by Crippen LogP contribution is -2.39. The lowest BCUT2D eigenvalue weighted by atomic mass is 9.85. The molecule has 2 aromatic carbocycles. The number of para-hydroxylation sites is 2. The largest absolute Gasteiger partial charge is 0.435 e. The van der Waals surface area contributed by atoms with E-state index in [1.807, 2.05) is 32.0 Å². The van der Waals surface area contributed by atoms with Crippen LogP contribution in [-0.4, -0.2) is 38.1 Å². The molecule has 0 aliphatic heterocycles. The van der Waals surface area contributed by atoms with Crippen molar-refractivity contribution in [3.8, 4) is 5.69 Å². The Bertz CT molecular complexity index is 1460. The Hall–Kier alpha value is -2.53. The van der Waals surface area contributed by atoms with Gasteiger partial charge in [-0.1, -0.05) is 38.5 Å². The van der Waals surface area contributed by atoms with Crippen molar-refractivity contribution < 1.29 is 26.3 Å². The van der Waals surface area contributed by atoms with Gasteiger partial charge in [-0.05, 0) is 70.4 Å². The number of rotatable bonds is 7. The van der Waals surface area contributed by atoms with Crippen LogP contribution in [0.25, 0.3) is 22.5 Å². The molecule has 38 heavy (non-hydrogen) atoms. The van der Waals surface area contributed by atoms with Crippen LogP contribution in [0.15, 0.2) is 46.9 Å². The number of hydrogen-bond acceptors (Lipinski definition) is 2. The predicted octanol–water partition coefficient (Wildman–Crippen LogP) is 8.35. The summed E-state index contributed by atoms with van der Waals surface area (Å²) in [7, 11) is 0. The van der Waals surface area contributed by atoms with Crippen molar-refractivity contribution in [1.82, 2.24) is 18.9 Å². The predicted molar refractivity (Wildman–Crippen MR) is 137 cm³/mol. The average molecular weight is 601 g/mol. The molecule has 0 atom stereocenters. The highest BCUT2D eigenvalue weighted by molar-refractivity contribution is 9.10. The first kappa shape index (κ1) is 27.1. The van der Waals surface area contributed by atoms with Crippen LogP contribution in [0.5, 0.6) is 0 Å². The molecule has 0 saturated heterocycles. The number of imidazole rings is 2. The molecule has 0 amide bonds. The fourth-order valence-electron chi connectivity index (χ4n) is 5.16. The Morgan fingerprint density at radius 3 is 2.26 bits per heavy atom. The molecule has 0 radical (unpaired) electrons. The van der Waals surface area contributed by atoms with Gasteiger partial charge in [0.15, 0.2) is 5.69 Å². The Labute approximate surface area is 224 Å². The summed E-state index contributed by atoms with van der Waals surface area (Å²) >= 11 is 3.57. The van der Waals surface area contributed by atoms with E-state index in [1.165, 1.54) is 4.40 Å². The molecule has 0 spiro atoms. The number of halogens is 7. The van der Waals surface area contributed by atoms with Crippen molar-refractivity contribution in [2.75, 3.05) is 13.1 Å². The second kappa shape index (κ2) is 9.89. The first-order valence-corrected chi connectivity index (χ1v) is 13.3. The molecule has 1 saturated carbocycles. The van der Waals surface area contributed by atoms with Crippen molar-refractivity contribution >= 4 is 32.7 Å². The van der Waals surface area contributed by atoms with Crippen molar-refractivity contribution in [3.63, 3.8) is 0 Å². The molecule has 1 aliphatic carbocycles. The molecule has 2 heterocycles. The van der Waals surface area contributed by atoms with Gasteiger partial charge in [0.2, 0.25) is 5.78 Å². The van der Waals surface area contributed by atoms with Crippen LogP contribution >= 0.6 is 15.9 Å². The summed E-state index contributed by atoms with van der Waals surface area (Å²) < 4.78 is 87.0. The number of nitrogens with zero attached hydrogens (tertiary/aromatic N) is 4. The molecule has 1 aliphatic rings. The van der Waals surface area contributed by atoms with Crippen LogP contribution in [0.3, 0.4) is 0 Å². The second-order valence-corrected chi connectivity index (χ2v) is 11.2. The van der Waals surface area contributed by atoms with Gasteiger partial charge in [0.05, 0.1) is 29.0 Å². The van der Waals surface area contributed by atoms with Gasteiger partial charge in [-0.3, -0.25) is 13.9 Å². The average Bonchev–Trinajstić information content (AvgIpc) is 3.30. The molecule has 11 heteroatoms. The number of fused-ring (bicyclic) bond motifs is 3. The highest BCUT2D eigenvalue weighted by Crippen LogP contribution is 2.38. The summed E-state index contributed by atoms with van der Waals surface area (Å²) in [6, 6.07) is 12.6. The van der Waals surface area contributed by atoms with E-state index in [9.17, 15) is 26.3 Å². The molecule has 4 aromatic rings. The van der Waals surface area contributed by atoms with Crippen LogP contribution in [0.4, 0.5) is 26.3 Å². The minimum atomic E-state index is -4.84. The van der Waals surface area contributed by atoms with Crippen LogP contribution < -0.4 is 0 Å². The summed E-state index contributed by atoms with van der Waals surface area (Å²) in [5, 5.41) is 0. The molecular formula is C27H27BrF6N4. The standard InChI is InChI=1S/C27H27BrF6N4/c1-16(2)18-10-11-20(19(28)12-18)37-21-8-3-4-9-22(21)38-23(24(27(32,33)34)35-25(37)38)14-36(15-26(29,30)31)13-17-6-5-7-17/h3-4,8-12,16-17H,5-7,13-15H2,1-2H3. The quantitative estimate of drug-likeness (QED) is 0.199. The summed E-state index contributed by atoms with van der Waals surface area (Å²) in [5.41, 5.74) is 1.23. The molecule has 0 unspecified atom stereocenters. The first-order valence-electron chi connectivity index (χ1n) is 12.5. The maximum Gasteiger partial charge on any atom is 0.435 e. The molecule has 4 nitrogen and oxygen atoms in total. The normalized spacial score (nSPS) is 15.3. The fourth-order valence-corrected chi connectivity index (χ4v) is 5.73. The van der Waals surface area contributed by atoms with Crippen LogP contribution in [0.1, 0.15) is 56.0 Å². The van der Waals surface area contributed by atoms with Crippen molar-refractivity contribution in [1.29, 1.82) is 0 Å². The molecular weight excluding hydrogens is 574 g/mol. The minimum absolute atomic E-state index is 0.00197. The molecule has 204 valence electrons. The van der Waals surface area contributed by atoms with Crippen molar-refractivity contribution in [2.45, 2.75) is 57.9 Å². The lowest BCUT2D eigenvalue weighted by molar-refractivity contribution is -0.150. The third-order valence-electron chi connectivity index (χ3n) is 7.18. The van der Waals surface area contributed by atoms with E-state index in [2.05, 4.69) is 20.9 Å². The Morgan fingerprint density at radius 2 is 1.71 bits per heavy atom. The van der Waals surface area contributed by atoms with Gasteiger partial charge in [0, 0.05) is 17.6 Å². The van der Waals surface area contributed by atoms with Crippen molar-refractivity contribution in [2.24, 2.45) is 5.92 Å². The van der Waals surface area contributed by atoms with Gasteiger partial charge in [-0.15, -0.1) is 0 Å². The van der Waals surface area contributed by atoms with E-state index in [-0.39, 0.29) is 29.9 Å². The third kappa shape index (κ3) is 5.19. The zero-order chi connectivity index (χ0) is 27.4. The molecule has 1 fully saturated rings. The maximum absolute atomic E-state index is 14.3. The summed E-state index contributed by atoms with van der Waals surface area (Å²) in [4.78, 5) is 5.12. The first-order chi connectivity index (χ1) is 17.8. The van der Waals surface area contributed by atoms with E-state index in [4.69, 9.17) is 0 Å². The third-order valence-corrected chi connectivity index (χ3v) is 7.82. The fraction of sp³-hybridized carbons (Fsp3) is 0.444. The SMILES string of the molecule is CC(C)c1ccc(-n2c3ccccc3n3c(CN(CC4CCC4)CC(F)(F)F)c(C(F)(F)F)nc23)c(Br)c1. The Balaban J connectivity index is 1.73. The lowest BCUT2D eigenvalue weighted by Gasteiger charge is -2.32. The smallest absolute Gasteiger partial charge is 0.289 e. The zero-order valence-electron chi connectivity index (χ0n) is 20.9. The topological polar surface area (TPSA) is 25.5 Å². The monoisotopic (exact) mass is 600 g/mol. The minimum Gasteiger partial charge on any atom is -0.289 e. The number of benzene rings is 2. The van der Waals surface area contributed by atoms with E-state index < -0.39 is 31.1 Å². The molecule has 0 bridgehead atoms. The zero-order valence-corrected chi connectivity index (χ0v) is 22.5. The summed E-state index contributed by atoms with van der Waals surface area (Å²) in [5.74, 6) is 0.293. The Kier molecular flexibility index (Phi) is 7.04. The van der Waals surface area contributed by atoms with E-state index in [1.54, 1.807) is 28.8 Å². The number of aromatic nitrogens is 3. The second-order valence-electron chi connectivity index (χ2n) is 10.3. The Morgan fingerprint density at radius 1 is 1.03 bits per heavy atom. The molecule has 0 N–H and O–H groups in total. The van der Waals surface area contributed by atoms with E-state index in [0.29, 0.717) is 21.2 Å². The molecule has 5 rings (SSSR count). The van der Waals surface area contributed by atoms with E-state index >= 15 is 0 Å². The van der Waals surface area contributed by atoms with Gasteiger partial charge >= 0.3 is 12.4 Å². The number of hydrogen-bond donors (Lipinski definition) is 0. The van der Waals surface area contributed by atoms with E-state index in [0.717, 1.165) is 29.7 Å². The maximum atomic E-state index is 14.3. The van der Waals surface area contributed by atoms with Gasteiger partial charge in [-0.25, -0.2) is 4.98 Å². The van der Waals surface area contributed by atoms with Crippen LogP contribution in [0.2, 0.25) is 0 Å². The summed E-state index contributed by atoms with van der Waals surface area (Å²) in [6.45, 7) is 2.36. The van der Waals surface area contributed by atoms with Gasteiger partial charge in [0.25, 0.3) is 0 Å². The molecule has 2 aromatic heterocycles. The highest BCUT2D eigenvalue weighted by atomic mass is 79.9. The highest BCUT2D eigenvalue weighted by Gasteiger charge is 2.41. The van der Waals surface area contributed by atoms with Gasteiger partial charge in [-0.2, -0.15) is 26.3 Å².